The van der Waals surface area contributed by atoms with Gasteiger partial charge in [0.25, 0.3) is 0 Å². The summed E-state index contributed by atoms with van der Waals surface area (Å²) in [5.74, 6) is 2.40. The average molecular weight is 409 g/mol. The number of hydrogen-bond acceptors (Lipinski definition) is 5. The molecule has 1 aliphatic carbocycles. The normalized spacial score (nSPS) is 31.4. The van der Waals surface area contributed by atoms with Gasteiger partial charge in [-0.05, 0) is 64.3 Å². The van der Waals surface area contributed by atoms with E-state index in [2.05, 4.69) is 14.6 Å². The fourth-order valence-electron chi connectivity index (χ4n) is 5.31. The van der Waals surface area contributed by atoms with Gasteiger partial charge in [-0.15, -0.1) is 0 Å². The molecule has 28 heavy (non-hydrogen) atoms. The van der Waals surface area contributed by atoms with Crippen molar-refractivity contribution in [3.63, 3.8) is 0 Å². The van der Waals surface area contributed by atoms with Gasteiger partial charge in [-0.2, -0.15) is 0 Å². The summed E-state index contributed by atoms with van der Waals surface area (Å²) in [6.07, 6.45) is 7.81. The van der Waals surface area contributed by atoms with E-state index in [9.17, 15) is 13.2 Å². The topological polar surface area (TPSA) is 84.3 Å². The molecule has 3 heterocycles. The Morgan fingerprint density at radius 1 is 1.21 bits per heavy atom. The Hall–Kier alpha value is -1.25. The number of imidazole rings is 1. The molecule has 0 radical (unpaired) electrons. The molecule has 1 N–H and O–H groups in total. The number of rotatable bonds is 6. The van der Waals surface area contributed by atoms with Crippen molar-refractivity contribution in [2.45, 2.75) is 58.4 Å². The van der Waals surface area contributed by atoms with Crippen LogP contribution in [0.2, 0.25) is 0 Å². The number of nitrogens with zero attached hydrogens (tertiary/aromatic N) is 3. The second-order valence-electron chi connectivity index (χ2n) is 8.83. The first kappa shape index (κ1) is 20.0. The molecular formula is C20H32N4O3S. The maximum atomic E-state index is 12.8. The SMILES string of the molecule is CCS(=O)(=O)NC1CCC(CN2CC[C@@H](C3Cc4cnc(C)n4C3=O)C2)CC1. The number of aromatic nitrogens is 2. The van der Waals surface area contributed by atoms with E-state index < -0.39 is 10.0 Å². The van der Waals surface area contributed by atoms with Gasteiger partial charge in [-0.1, -0.05) is 0 Å². The minimum Gasteiger partial charge on any atom is -0.303 e. The lowest BCUT2D eigenvalue weighted by molar-refractivity contribution is 0.0817. The van der Waals surface area contributed by atoms with E-state index in [0.717, 1.165) is 69.7 Å². The van der Waals surface area contributed by atoms with E-state index in [0.29, 0.717) is 11.8 Å². The van der Waals surface area contributed by atoms with Crippen molar-refractivity contribution in [1.29, 1.82) is 0 Å². The molecule has 2 atom stereocenters. The molecule has 1 saturated carbocycles. The van der Waals surface area contributed by atoms with E-state index in [1.54, 1.807) is 6.92 Å². The molecule has 0 aromatic carbocycles. The lowest BCUT2D eigenvalue weighted by Gasteiger charge is -2.31. The van der Waals surface area contributed by atoms with Crippen LogP contribution >= 0.6 is 0 Å². The summed E-state index contributed by atoms with van der Waals surface area (Å²) < 4.78 is 28.1. The standard InChI is InChI=1S/C20H32N4O3S/c1-3-28(26,27)22-17-6-4-15(5-7-17)12-23-9-8-16(13-23)19-10-18-11-21-14(2)24(18)20(19)25/h11,15-17,19,22H,3-10,12-13H2,1-2H3/t15?,16-,17?,19?/m1/s1. The lowest BCUT2D eigenvalue weighted by Crippen LogP contribution is -2.40. The zero-order chi connectivity index (χ0) is 19.9. The van der Waals surface area contributed by atoms with Gasteiger partial charge >= 0.3 is 0 Å². The van der Waals surface area contributed by atoms with E-state index in [1.165, 1.54) is 0 Å². The molecule has 1 aromatic heterocycles. The fraction of sp³-hybridized carbons (Fsp3) is 0.800. The first-order valence-corrected chi connectivity index (χ1v) is 12.3. The van der Waals surface area contributed by atoms with Crippen LogP contribution in [0.1, 0.15) is 55.3 Å². The number of likely N-dealkylation sites (tertiary alicyclic amines) is 1. The van der Waals surface area contributed by atoms with Crippen molar-refractivity contribution in [2.75, 3.05) is 25.4 Å². The van der Waals surface area contributed by atoms with Crippen molar-refractivity contribution >= 4 is 15.9 Å². The zero-order valence-corrected chi connectivity index (χ0v) is 17.7. The average Bonchev–Trinajstić information content (AvgIpc) is 3.35. The molecule has 2 aliphatic heterocycles. The van der Waals surface area contributed by atoms with Gasteiger partial charge in [0.2, 0.25) is 15.9 Å². The molecule has 1 saturated heterocycles. The predicted molar refractivity (Wildman–Crippen MR) is 108 cm³/mol. The Bertz CT molecular complexity index is 827. The van der Waals surface area contributed by atoms with Crippen LogP contribution in [-0.4, -0.2) is 60.2 Å². The van der Waals surface area contributed by atoms with Gasteiger partial charge in [-0.3, -0.25) is 9.36 Å². The van der Waals surface area contributed by atoms with E-state index in [-0.39, 0.29) is 23.6 Å². The zero-order valence-electron chi connectivity index (χ0n) is 16.9. The minimum absolute atomic E-state index is 0.107. The summed E-state index contributed by atoms with van der Waals surface area (Å²) in [6.45, 7) is 6.75. The largest absolute Gasteiger partial charge is 0.303 e. The van der Waals surface area contributed by atoms with Gasteiger partial charge in [0, 0.05) is 43.4 Å². The van der Waals surface area contributed by atoms with Crippen LogP contribution in [0.3, 0.4) is 0 Å². The van der Waals surface area contributed by atoms with Crippen molar-refractivity contribution in [3.8, 4) is 0 Å². The van der Waals surface area contributed by atoms with Gasteiger partial charge in [0.15, 0.2) is 0 Å². The molecule has 1 aromatic rings. The number of nitrogens with one attached hydrogen (secondary N) is 1. The third-order valence-corrected chi connectivity index (χ3v) is 8.40. The summed E-state index contributed by atoms with van der Waals surface area (Å²) >= 11 is 0. The highest BCUT2D eigenvalue weighted by molar-refractivity contribution is 7.89. The molecular weight excluding hydrogens is 376 g/mol. The van der Waals surface area contributed by atoms with Crippen molar-refractivity contribution in [1.82, 2.24) is 19.2 Å². The smallest absolute Gasteiger partial charge is 0.236 e. The highest BCUT2D eigenvalue weighted by Gasteiger charge is 2.40. The predicted octanol–water partition coefficient (Wildman–Crippen LogP) is 1.82. The number of hydrogen-bond donors (Lipinski definition) is 1. The molecule has 1 unspecified atom stereocenters. The molecule has 4 rings (SSSR count). The molecule has 7 nitrogen and oxygen atoms in total. The van der Waals surface area contributed by atoms with E-state index in [1.807, 2.05) is 17.7 Å². The van der Waals surface area contributed by atoms with Crippen LogP contribution in [0.15, 0.2) is 6.20 Å². The lowest BCUT2D eigenvalue weighted by atomic mass is 9.86. The fourth-order valence-corrected chi connectivity index (χ4v) is 6.22. The maximum Gasteiger partial charge on any atom is 0.236 e. The van der Waals surface area contributed by atoms with Crippen LogP contribution in [0, 0.1) is 24.7 Å². The molecule has 156 valence electrons. The van der Waals surface area contributed by atoms with Crippen molar-refractivity contribution in [2.24, 2.45) is 17.8 Å². The third-order valence-electron chi connectivity index (χ3n) is 6.95. The quantitative estimate of drug-likeness (QED) is 0.776. The van der Waals surface area contributed by atoms with Gasteiger partial charge in [-0.25, -0.2) is 18.1 Å². The molecule has 0 spiro atoms. The Morgan fingerprint density at radius 2 is 1.96 bits per heavy atom. The van der Waals surface area contributed by atoms with Gasteiger partial charge < -0.3 is 4.90 Å². The Balaban J connectivity index is 1.25. The molecule has 0 amide bonds. The van der Waals surface area contributed by atoms with E-state index in [4.69, 9.17) is 0 Å². The second kappa shape index (κ2) is 7.88. The number of sulfonamides is 1. The van der Waals surface area contributed by atoms with Crippen LogP contribution < -0.4 is 4.72 Å². The van der Waals surface area contributed by atoms with Gasteiger partial charge in [0.1, 0.15) is 5.82 Å². The summed E-state index contributed by atoms with van der Waals surface area (Å²) in [6, 6.07) is 0.107. The summed E-state index contributed by atoms with van der Waals surface area (Å²) in [7, 11) is -3.10. The van der Waals surface area contributed by atoms with Crippen LogP contribution in [0.5, 0.6) is 0 Å². The maximum absolute atomic E-state index is 12.8. The van der Waals surface area contributed by atoms with Crippen molar-refractivity contribution in [3.05, 3.63) is 17.7 Å². The van der Waals surface area contributed by atoms with Crippen LogP contribution in [0.4, 0.5) is 0 Å². The molecule has 8 heteroatoms. The number of fused-ring (bicyclic) bond motifs is 1. The molecule has 0 bridgehead atoms. The number of carbonyl (C=O) groups excluding carboxylic acids is 1. The summed E-state index contributed by atoms with van der Waals surface area (Å²) in [4.78, 5) is 19.6. The van der Waals surface area contributed by atoms with Crippen LogP contribution in [0.25, 0.3) is 0 Å². The van der Waals surface area contributed by atoms with Crippen molar-refractivity contribution < 1.29 is 13.2 Å². The second-order valence-corrected chi connectivity index (χ2v) is 10.9. The van der Waals surface area contributed by atoms with Gasteiger partial charge in [0.05, 0.1) is 5.75 Å². The third kappa shape index (κ3) is 4.04. The number of carbonyl (C=O) groups is 1. The minimum atomic E-state index is -3.10. The molecule has 3 aliphatic rings. The first-order valence-electron chi connectivity index (χ1n) is 10.7. The van der Waals surface area contributed by atoms with E-state index >= 15 is 0 Å². The molecule has 2 fully saturated rings. The highest BCUT2D eigenvalue weighted by atomic mass is 32.2. The van der Waals surface area contributed by atoms with Crippen LogP contribution in [-0.2, 0) is 16.4 Å². The Kier molecular flexibility index (Phi) is 5.64. The monoisotopic (exact) mass is 408 g/mol. The first-order chi connectivity index (χ1) is 13.4. The Labute approximate surface area is 167 Å². The summed E-state index contributed by atoms with van der Waals surface area (Å²) in [5, 5.41) is 0. The Morgan fingerprint density at radius 3 is 2.64 bits per heavy atom. The number of aryl methyl sites for hydroxylation is 1. The summed E-state index contributed by atoms with van der Waals surface area (Å²) in [5.41, 5.74) is 1.07. The highest BCUT2D eigenvalue weighted by Crippen LogP contribution is 2.34.